The summed E-state index contributed by atoms with van der Waals surface area (Å²) in [6.45, 7) is 0.231. The molecule has 0 aliphatic carbocycles. The lowest BCUT2D eigenvalue weighted by Crippen LogP contribution is -2.33. The predicted molar refractivity (Wildman–Crippen MR) is 77.6 cm³/mol. The van der Waals surface area contributed by atoms with Gasteiger partial charge in [-0.3, -0.25) is 14.5 Å². The van der Waals surface area contributed by atoms with Gasteiger partial charge < -0.3 is 15.2 Å². The van der Waals surface area contributed by atoms with Crippen molar-refractivity contribution in [2.24, 2.45) is 0 Å². The van der Waals surface area contributed by atoms with Gasteiger partial charge in [0, 0.05) is 13.0 Å². The fourth-order valence-electron chi connectivity index (χ4n) is 2.39. The standard InChI is InChI=1S/C15H18N2O5/c1-22-12-5-3-2-4-10(12)8-9-17-14(20)11(16-15(17)21)6-7-13(18)19/h2-5,11H,6-9H2,1H3,(H,16,21)(H,18,19). The number of carbonyl (C=O) groups is 3. The first-order valence-corrected chi connectivity index (χ1v) is 6.98. The van der Waals surface area contributed by atoms with Crippen molar-refractivity contribution in [2.45, 2.75) is 25.3 Å². The van der Waals surface area contributed by atoms with E-state index in [9.17, 15) is 14.4 Å². The Kier molecular flexibility index (Phi) is 4.98. The van der Waals surface area contributed by atoms with Crippen LogP contribution in [0, 0.1) is 0 Å². The molecule has 1 aliphatic rings. The zero-order chi connectivity index (χ0) is 16.1. The van der Waals surface area contributed by atoms with E-state index < -0.39 is 18.0 Å². The summed E-state index contributed by atoms with van der Waals surface area (Å²) in [7, 11) is 1.56. The molecule has 22 heavy (non-hydrogen) atoms. The van der Waals surface area contributed by atoms with Gasteiger partial charge in [-0.25, -0.2) is 4.79 Å². The van der Waals surface area contributed by atoms with Gasteiger partial charge in [-0.1, -0.05) is 18.2 Å². The highest BCUT2D eigenvalue weighted by molar-refractivity contribution is 6.04. The molecule has 7 nitrogen and oxygen atoms in total. The normalized spacial score (nSPS) is 17.5. The minimum absolute atomic E-state index is 0.102. The van der Waals surface area contributed by atoms with E-state index in [4.69, 9.17) is 9.84 Å². The van der Waals surface area contributed by atoms with Gasteiger partial charge in [-0.15, -0.1) is 0 Å². The minimum atomic E-state index is -0.991. The van der Waals surface area contributed by atoms with Crippen LogP contribution in [0.1, 0.15) is 18.4 Å². The number of urea groups is 1. The van der Waals surface area contributed by atoms with E-state index >= 15 is 0 Å². The van der Waals surface area contributed by atoms with E-state index in [1.807, 2.05) is 24.3 Å². The van der Waals surface area contributed by atoms with Crippen LogP contribution in [-0.2, 0) is 16.0 Å². The van der Waals surface area contributed by atoms with E-state index in [2.05, 4.69) is 5.32 Å². The molecule has 3 amide bonds. The molecule has 0 radical (unpaired) electrons. The molecular weight excluding hydrogens is 288 g/mol. The van der Waals surface area contributed by atoms with Crippen LogP contribution in [0.25, 0.3) is 0 Å². The maximum absolute atomic E-state index is 12.1. The Balaban J connectivity index is 1.96. The number of amides is 3. The third-order valence-corrected chi connectivity index (χ3v) is 3.55. The maximum atomic E-state index is 12.1. The first kappa shape index (κ1) is 15.8. The fraction of sp³-hybridized carbons (Fsp3) is 0.400. The van der Waals surface area contributed by atoms with E-state index in [-0.39, 0.29) is 25.3 Å². The van der Waals surface area contributed by atoms with Crippen molar-refractivity contribution in [1.29, 1.82) is 0 Å². The van der Waals surface area contributed by atoms with Gasteiger partial charge in [0.2, 0.25) is 0 Å². The molecule has 118 valence electrons. The molecule has 0 spiro atoms. The number of nitrogens with zero attached hydrogens (tertiary/aromatic N) is 1. The van der Waals surface area contributed by atoms with Crippen LogP contribution < -0.4 is 10.1 Å². The first-order valence-electron chi connectivity index (χ1n) is 6.98. The monoisotopic (exact) mass is 306 g/mol. The van der Waals surface area contributed by atoms with Crippen LogP contribution in [-0.4, -0.2) is 47.6 Å². The molecule has 7 heteroatoms. The number of methoxy groups -OCH3 is 1. The third-order valence-electron chi connectivity index (χ3n) is 3.55. The van der Waals surface area contributed by atoms with Gasteiger partial charge in [-0.05, 0) is 24.5 Å². The molecule has 2 N–H and O–H groups in total. The van der Waals surface area contributed by atoms with Crippen molar-refractivity contribution in [2.75, 3.05) is 13.7 Å². The zero-order valence-corrected chi connectivity index (χ0v) is 12.2. The molecular formula is C15H18N2O5. The number of rotatable bonds is 7. The molecule has 1 unspecified atom stereocenters. The molecule has 0 bridgehead atoms. The number of nitrogens with one attached hydrogen (secondary N) is 1. The Morgan fingerprint density at radius 3 is 2.77 bits per heavy atom. The lowest BCUT2D eigenvalue weighted by Gasteiger charge is -2.14. The van der Waals surface area contributed by atoms with Crippen LogP contribution in [0.3, 0.4) is 0 Å². The van der Waals surface area contributed by atoms with E-state index in [0.717, 1.165) is 10.5 Å². The first-order chi connectivity index (χ1) is 10.5. The smallest absolute Gasteiger partial charge is 0.324 e. The molecule has 2 rings (SSSR count). The fourth-order valence-corrected chi connectivity index (χ4v) is 2.39. The van der Waals surface area contributed by atoms with Gasteiger partial charge in [0.15, 0.2) is 0 Å². The van der Waals surface area contributed by atoms with Crippen LogP contribution in [0.5, 0.6) is 5.75 Å². The summed E-state index contributed by atoms with van der Waals surface area (Å²) in [6, 6.07) is 6.17. The van der Waals surface area contributed by atoms with Crippen molar-refractivity contribution in [3.05, 3.63) is 29.8 Å². The number of carboxylic acids is 1. The highest BCUT2D eigenvalue weighted by Crippen LogP contribution is 2.19. The number of imide groups is 1. The van der Waals surface area contributed by atoms with Crippen LogP contribution in [0.4, 0.5) is 4.79 Å². The second kappa shape index (κ2) is 6.93. The Hall–Kier alpha value is -2.57. The van der Waals surface area contributed by atoms with Crippen molar-refractivity contribution < 1.29 is 24.2 Å². The van der Waals surface area contributed by atoms with Gasteiger partial charge in [-0.2, -0.15) is 0 Å². The lowest BCUT2D eigenvalue weighted by molar-refractivity contribution is -0.137. The molecule has 1 aromatic carbocycles. The zero-order valence-electron chi connectivity index (χ0n) is 12.2. The lowest BCUT2D eigenvalue weighted by atomic mass is 10.1. The molecule has 1 atom stereocenters. The number of para-hydroxylation sites is 1. The molecule has 1 aliphatic heterocycles. The van der Waals surface area contributed by atoms with Crippen LogP contribution in [0.2, 0.25) is 0 Å². The summed E-state index contributed by atoms with van der Waals surface area (Å²) in [5.74, 6) is -0.660. The summed E-state index contributed by atoms with van der Waals surface area (Å²) in [6.07, 6.45) is 0.428. The molecule has 1 aromatic rings. The quantitative estimate of drug-likeness (QED) is 0.733. The van der Waals surface area contributed by atoms with Gasteiger partial charge in [0.05, 0.1) is 7.11 Å². The number of hydrogen-bond donors (Lipinski definition) is 2. The largest absolute Gasteiger partial charge is 0.496 e. The molecule has 1 heterocycles. The topological polar surface area (TPSA) is 95.9 Å². The van der Waals surface area contributed by atoms with E-state index in [1.54, 1.807) is 7.11 Å². The Bertz CT molecular complexity index is 587. The second-order valence-corrected chi connectivity index (χ2v) is 4.99. The van der Waals surface area contributed by atoms with Crippen molar-refractivity contribution in [3.63, 3.8) is 0 Å². The summed E-state index contributed by atoms with van der Waals surface area (Å²) in [4.78, 5) is 35.6. The summed E-state index contributed by atoms with van der Waals surface area (Å²) in [5.41, 5.74) is 0.902. The molecule has 1 saturated heterocycles. The third kappa shape index (κ3) is 3.55. The van der Waals surface area contributed by atoms with E-state index in [1.165, 1.54) is 0 Å². The van der Waals surface area contributed by atoms with Crippen molar-refractivity contribution in [1.82, 2.24) is 10.2 Å². The predicted octanol–water partition coefficient (Wildman–Crippen LogP) is 1.02. The molecule has 0 saturated carbocycles. The van der Waals surface area contributed by atoms with Gasteiger partial charge >= 0.3 is 12.0 Å². The Labute approximate surface area is 127 Å². The Morgan fingerprint density at radius 2 is 2.09 bits per heavy atom. The van der Waals surface area contributed by atoms with Crippen LogP contribution >= 0.6 is 0 Å². The number of aliphatic carboxylic acids is 1. The van der Waals surface area contributed by atoms with Gasteiger partial charge in [0.25, 0.3) is 5.91 Å². The second-order valence-electron chi connectivity index (χ2n) is 4.99. The average molecular weight is 306 g/mol. The van der Waals surface area contributed by atoms with E-state index in [0.29, 0.717) is 12.2 Å². The molecule has 0 aromatic heterocycles. The van der Waals surface area contributed by atoms with Gasteiger partial charge in [0.1, 0.15) is 11.8 Å². The number of benzene rings is 1. The minimum Gasteiger partial charge on any atom is -0.496 e. The summed E-state index contributed by atoms with van der Waals surface area (Å²) < 4.78 is 5.23. The highest BCUT2D eigenvalue weighted by Gasteiger charge is 2.37. The number of hydrogen-bond acceptors (Lipinski definition) is 4. The molecule has 1 fully saturated rings. The van der Waals surface area contributed by atoms with Crippen LogP contribution in [0.15, 0.2) is 24.3 Å². The average Bonchev–Trinajstić information content (AvgIpc) is 2.77. The number of carbonyl (C=O) groups excluding carboxylic acids is 2. The summed E-state index contributed by atoms with van der Waals surface area (Å²) in [5, 5.41) is 11.2. The van der Waals surface area contributed by atoms with Crippen molar-refractivity contribution >= 4 is 17.9 Å². The highest BCUT2D eigenvalue weighted by atomic mass is 16.5. The van der Waals surface area contributed by atoms with Crippen molar-refractivity contribution in [3.8, 4) is 5.75 Å². The Morgan fingerprint density at radius 1 is 1.36 bits per heavy atom. The number of carboxylic acid groups (broad SMARTS) is 1. The SMILES string of the molecule is COc1ccccc1CCN1C(=O)NC(CCC(=O)O)C1=O. The number of ether oxygens (including phenoxy) is 1. The maximum Gasteiger partial charge on any atom is 0.324 e. The summed E-state index contributed by atoms with van der Waals surface area (Å²) >= 11 is 0.